The Labute approximate surface area is 105 Å². The number of hydrogen-bond acceptors (Lipinski definition) is 7. The van der Waals surface area contributed by atoms with E-state index in [2.05, 4.69) is 10.1 Å². The number of esters is 1. The van der Waals surface area contributed by atoms with Crippen molar-refractivity contribution in [1.82, 2.24) is 10.1 Å². The number of hydrogen-bond donors (Lipinski definition) is 0. The van der Waals surface area contributed by atoms with E-state index in [4.69, 9.17) is 9.26 Å². The zero-order valence-corrected chi connectivity index (χ0v) is 11.6. The van der Waals surface area contributed by atoms with Gasteiger partial charge in [0.2, 0.25) is 5.89 Å². The van der Waals surface area contributed by atoms with Gasteiger partial charge >= 0.3 is 5.97 Å². The molecule has 7 nitrogen and oxygen atoms in total. The molecular formula is C10H16N2O5S. The third-order valence-corrected chi connectivity index (χ3v) is 2.96. The lowest BCUT2D eigenvalue weighted by Gasteiger charge is -2.16. The molecule has 0 unspecified atom stereocenters. The molecule has 18 heavy (non-hydrogen) atoms. The van der Waals surface area contributed by atoms with Crippen molar-refractivity contribution < 1.29 is 22.5 Å². The molecule has 0 aliphatic heterocycles. The number of aromatic nitrogens is 2. The monoisotopic (exact) mass is 276 g/mol. The van der Waals surface area contributed by atoms with Crippen LogP contribution in [-0.4, -0.2) is 37.4 Å². The Bertz CT molecular complexity index is 532. The van der Waals surface area contributed by atoms with Crippen LogP contribution in [0.5, 0.6) is 0 Å². The van der Waals surface area contributed by atoms with E-state index in [1.165, 1.54) is 0 Å². The van der Waals surface area contributed by atoms with Crippen molar-refractivity contribution >= 4 is 15.8 Å². The Hall–Kier alpha value is -1.44. The van der Waals surface area contributed by atoms with Gasteiger partial charge in [0.1, 0.15) is 11.2 Å². The van der Waals surface area contributed by atoms with Crippen LogP contribution >= 0.6 is 0 Å². The quantitative estimate of drug-likeness (QED) is 0.720. The van der Waals surface area contributed by atoms with Gasteiger partial charge in [0.25, 0.3) is 0 Å². The van der Waals surface area contributed by atoms with Crippen molar-refractivity contribution in [2.45, 2.75) is 31.9 Å². The van der Waals surface area contributed by atoms with Crippen molar-refractivity contribution in [3.8, 4) is 0 Å². The second kappa shape index (κ2) is 5.05. The number of sulfone groups is 1. The van der Waals surface area contributed by atoms with Crippen LogP contribution in [0.25, 0.3) is 0 Å². The van der Waals surface area contributed by atoms with Crippen molar-refractivity contribution in [1.29, 1.82) is 0 Å². The molecule has 8 heteroatoms. The largest absolute Gasteiger partial charge is 0.465 e. The summed E-state index contributed by atoms with van der Waals surface area (Å²) in [4.78, 5) is 15.6. The number of ether oxygens (including phenoxy) is 1. The molecule has 1 aromatic heterocycles. The molecular weight excluding hydrogens is 260 g/mol. The van der Waals surface area contributed by atoms with Gasteiger partial charge in [0.05, 0.1) is 6.61 Å². The van der Waals surface area contributed by atoms with E-state index >= 15 is 0 Å². The molecule has 0 bridgehead atoms. The van der Waals surface area contributed by atoms with Gasteiger partial charge in [-0.15, -0.1) is 0 Å². The lowest BCUT2D eigenvalue weighted by Crippen LogP contribution is -2.31. The summed E-state index contributed by atoms with van der Waals surface area (Å²) >= 11 is 0. The van der Waals surface area contributed by atoms with Gasteiger partial charge in [-0.2, -0.15) is 4.98 Å². The van der Waals surface area contributed by atoms with E-state index in [-0.39, 0.29) is 24.1 Å². The summed E-state index contributed by atoms with van der Waals surface area (Å²) < 4.78 is 32.0. The highest BCUT2D eigenvalue weighted by Crippen LogP contribution is 2.23. The summed E-state index contributed by atoms with van der Waals surface area (Å²) in [5.41, 5.74) is -1.10. The zero-order valence-electron chi connectivity index (χ0n) is 10.8. The molecule has 102 valence electrons. The van der Waals surface area contributed by atoms with Gasteiger partial charge in [0.15, 0.2) is 15.7 Å². The smallest absolute Gasteiger partial charge is 0.321 e. The van der Waals surface area contributed by atoms with Gasteiger partial charge in [-0.3, -0.25) is 4.79 Å². The highest BCUT2D eigenvalue weighted by molar-refractivity contribution is 7.89. The van der Waals surface area contributed by atoms with Crippen molar-refractivity contribution in [3.63, 3.8) is 0 Å². The molecule has 0 aliphatic rings. The Morgan fingerprint density at radius 3 is 2.56 bits per heavy atom. The van der Waals surface area contributed by atoms with E-state index in [0.717, 1.165) is 6.26 Å². The van der Waals surface area contributed by atoms with Gasteiger partial charge in [-0.25, -0.2) is 8.42 Å². The topological polar surface area (TPSA) is 99.4 Å². The van der Waals surface area contributed by atoms with Crippen LogP contribution in [0, 0.1) is 0 Å². The SMILES string of the molecule is CCOC(=O)C(C)(C)c1nc(CS(C)(=O)=O)no1. The number of carbonyl (C=O) groups is 1. The number of carbonyl (C=O) groups excluding carboxylic acids is 1. The minimum atomic E-state index is -3.24. The Kier molecular flexibility index (Phi) is 4.10. The van der Waals surface area contributed by atoms with Crippen LogP contribution < -0.4 is 0 Å². The second-order valence-corrected chi connectivity index (χ2v) is 6.57. The summed E-state index contributed by atoms with van der Waals surface area (Å²) in [5.74, 6) is -0.751. The Balaban J connectivity index is 2.94. The average Bonchev–Trinajstić information content (AvgIpc) is 2.64. The molecule has 0 saturated heterocycles. The van der Waals surface area contributed by atoms with Crippen LogP contribution in [-0.2, 0) is 30.5 Å². The van der Waals surface area contributed by atoms with E-state index in [0.29, 0.717) is 0 Å². The standard InChI is InChI=1S/C10H16N2O5S/c1-5-16-9(13)10(2,3)8-11-7(12-17-8)6-18(4,14)15/h5-6H2,1-4H3. The maximum atomic E-state index is 11.7. The molecule has 0 spiro atoms. The summed E-state index contributed by atoms with van der Waals surface area (Å²) in [5, 5.41) is 3.54. The third kappa shape index (κ3) is 3.52. The minimum Gasteiger partial charge on any atom is -0.465 e. The first-order valence-electron chi connectivity index (χ1n) is 5.35. The van der Waals surface area contributed by atoms with Crippen molar-refractivity contribution in [3.05, 3.63) is 11.7 Å². The lowest BCUT2D eigenvalue weighted by atomic mass is 9.94. The molecule has 0 fully saturated rings. The van der Waals surface area contributed by atoms with Crippen LogP contribution in [0.2, 0.25) is 0 Å². The molecule has 0 radical (unpaired) electrons. The predicted molar refractivity (Wildman–Crippen MR) is 62.5 cm³/mol. The molecule has 1 aromatic rings. The summed E-state index contributed by atoms with van der Waals surface area (Å²) in [6.07, 6.45) is 1.07. The second-order valence-electron chi connectivity index (χ2n) is 4.43. The minimum absolute atomic E-state index is 0.0323. The maximum Gasteiger partial charge on any atom is 0.321 e. The van der Waals surface area contributed by atoms with Gasteiger partial charge in [0, 0.05) is 6.26 Å². The third-order valence-electron chi connectivity index (χ3n) is 2.18. The number of nitrogens with zero attached hydrogens (tertiary/aromatic N) is 2. The van der Waals surface area contributed by atoms with Crippen molar-refractivity contribution in [2.24, 2.45) is 0 Å². The van der Waals surface area contributed by atoms with E-state index < -0.39 is 21.2 Å². The average molecular weight is 276 g/mol. The Morgan fingerprint density at radius 1 is 1.44 bits per heavy atom. The molecule has 0 aromatic carbocycles. The molecule has 0 atom stereocenters. The van der Waals surface area contributed by atoms with E-state index in [1.807, 2.05) is 0 Å². The molecule has 0 aliphatic carbocycles. The maximum absolute atomic E-state index is 11.7. The first-order chi connectivity index (χ1) is 8.16. The zero-order chi connectivity index (χ0) is 14.0. The van der Waals surface area contributed by atoms with Gasteiger partial charge < -0.3 is 9.26 Å². The van der Waals surface area contributed by atoms with E-state index in [9.17, 15) is 13.2 Å². The Morgan fingerprint density at radius 2 is 2.06 bits per heavy atom. The molecule has 0 amide bonds. The van der Waals surface area contributed by atoms with Crippen LogP contribution in [0.15, 0.2) is 4.52 Å². The fourth-order valence-corrected chi connectivity index (χ4v) is 1.79. The van der Waals surface area contributed by atoms with Gasteiger partial charge in [-0.1, -0.05) is 5.16 Å². The van der Waals surface area contributed by atoms with Crippen LogP contribution in [0.4, 0.5) is 0 Å². The van der Waals surface area contributed by atoms with E-state index in [1.54, 1.807) is 20.8 Å². The fourth-order valence-electron chi connectivity index (χ4n) is 1.20. The summed E-state index contributed by atoms with van der Waals surface area (Å²) in [6, 6.07) is 0. The molecule has 1 rings (SSSR count). The molecule has 1 heterocycles. The summed E-state index contributed by atoms with van der Waals surface area (Å²) in [6.45, 7) is 5.08. The normalized spacial score (nSPS) is 12.4. The van der Waals surface area contributed by atoms with Gasteiger partial charge in [-0.05, 0) is 20.8 Å². The first-order valence-corrected chi connectivity index (χ1v) is 7.41. The first kappa shape index (κ1) is 14.6. The number of rotatable bonds is 5. The van der Waals surface area contributed by atoms with Crippen LogP contribution in [0.3, 0.4) is 0 Å². The highest BCUT2D eigenvalue weighted by Gasteiger charge is 2.37. The van der Waals surface area contributed by atoms with Crippen LogP contribution in [0.1, 0.15) is 32.5 Å². The predicted octanol–water partition coefficient (Wildman–Crippen LogP) is 0.455. The fraction of sp³-hybridized carbons (Fsp3) is 0.700. The van der Waals surface area contributed by atoms with Crippen molar-refractivity contribution in [2.75, 3.05) is 12.9 Å². The summed E-state index contributed by atoms with van der Waals surface area (Å²) in [7, 11) is -3.24. The molecule has 0 N–H and O–H groups in total. The highest BCUT2D eigenvalue weighted by atomic mass is 32.2. The lowest BCUT2D eigenvalue weighted by molar-refractivity contribution is -0.149. The molecule has 0 saturated carbocycles.